The Bertz CT molecular complexity index is 603. The lowest BCUT2D eigenvalue weighted by Gasteiger charge is -2.02. The zero-order valence-corrected chi connectivity index (χ0v) is 12.5. The highest BCUT2D eigenvalue weighted by molar-refractivity contribution is 7.99. The molecular formula is C12H17N6O2S+. The molecule has 1 aromatic heterocycles. The Kier molecular flexibility index (Phi) is 5.64. The Labute approximate surface area is 126 Å². The Hall–Kier alpha value is -2.00. The van der Waals surface area contributed by atoms with E-state index >= 15 is 0 Å². The number of thioether (sulfide) groups is 1. The first-order valence-electron chi connectivity index (χ1n) is 6.57. The zero-order chi connectivity index (χ0) is 15.1. The minimum atomic E-state index is -0.366. The van der Waals surface area contributed by atoms with Gasteiger partial charge in [0.25, 0.3) is 5.69 Å². The summed E-state index contributed by atoms with van der Waals surface area (Å²) in [5, 5.41) is 24.9. The molecule has 21 heavy (non-hydrogen) atoms. The third-order valence-electron chi connectivity index (χ3n) is 2.87. The molecule has 0 saturated heterocycles. The number of non-ortho nitro benzene ring substituents is 1. The van der Waals surface area contributed by atoms with E-state index in [1.165, 1.54) is 6.07 Å². The number of nitro benzene ring substituents is 1. The van der Waals surface area contributed by atoms with E-state index in [1.54, 1.807) is 28.6 Å². The smallest absolute Gasteiger partial charge is 0.269 e. The van der Waals surface area contributed by atoms with Gasteiger partial charge in [-0.05, 0) is 10.4 Å². The summed E-state index contributed by atoms with van der Waals surface area (Å²) in [5.41, 5.74) is 1.11. The van der Waals surface area contributed by atoms with Crippen LogP contribution in [0.1, 0.15) is 12.0 Å². The average Bonchev–Trinajstić information content (AvgIpc) is 2.88. The van der Waals surface area contributed by atoms with Gasteiger partial charge in [0.15, 0.2) is 0 Å². The van der Waals surface area contributed by atoms with Crippen LogP contribution in [0.4, 0.5) is 5.69 Å². The molecule has 2 rings (SSSR count). The van der Waals surface area contributed by atoms with E-state index in [0.29, 0.717) is 0 Å². The van der Waals surface area contributed by atoms with Gasteiger partial charge < -0.3 is 5.32 Å². The van der Waals surface area contributed by atoms with Gasteiger partial charge in [0, 0.05) is 36.9 Å². The summed E-state index contributed by atoms with van der Waals surface area (Å²) in [6.45, 7) is 1.71. The Morgan fingerprint density at radius 1 is 1.48 bits per heavy atom. The van der Waals surface area contributed by atoms with Crippen molar-refractivity contribution in [3.05, 3.63) is 39.9 Å². The molecular weight excluding hydrogens is 292 g/mol. The number of hydrogen-bond acceptors (Lipinski definition) is 6. The highest BCUT2D eigenvalue weighted by Gasteiger charge is 2.06. The molecule has 0 fully saturated rings. The molecule has 1 aromatic carbocycles. The minimum absolute atomic E-state index is 0.145. The van der Waals surface area contributed by atoms with Gasteiger partial charge in [-0.3, -0.25) is 10.1 Å². The summed E-state index contributed by atoms with van der Waals surface area (Å²) in [7, 11) is 1.82. The first-order chi connectivity index (χ1) is 10.2. The van der Waals surface area contributed by atoms with Crippen LogP contribution >= 0.6 is 11.8 Å². The lowest BCUT2D eigenvalue weighted by atomic mass is 10.2. The molecule has 2 aromatic rings. The number of nitro groups is 1. The monoisotopic (exact) mass is 309 g/mol. The van der Waals surface area contributed by atoms with Crippen molar-refractivity contribution in [2.75, 3.05) is 12.3 Å². The molecule has 0 unspecified atom stereocenters. The molecule has 1 heterocycles. The number of hydrogen-bond donors (Lipinski definition) is 1. The average molecular weight is 309 g/mol. The van der Waals surface area contributed by atoms with Crippen molar-refractivity contribution < 1.29 is 10.2 Å². The Morgan fingerprint density at radius 2 is 2.33 bits per heavy atom. The molecule has 0 aliphatic heterocycles. The highest BCUT2D eigenvalue weighted by Crippen LogP contribution is 2.13. The zero-order valence-electron chi connectivity index (χ0n) is 11.7. The predicted octanol–water partition coefficient (Wildman–Crippen LogP) is 0.364. The van der Waals surface area contributed by atoms with E-state index in [2.05, 4.69) is 20.8 Å². The molecule has 0 saturated carbocycles. The fourth-order valence-electron chi connectivity index (χ4n) is 1.80. The van der Waals surface area contributed by atoms with Crippen molar-refractivity contribution in [1.82, 2.24) is 20.2 Å². The molecule has 0 aliphatic carbocycles. The van der Waals surface area contributed by atoms with Crippen LogP contribution in [0.15, 0.2) is 29.4 Å². The quantitative estimate of drug-likeness (QED) is 0.327. The van der Waals surface area contributed by atoms with Crippen molar-refractivity contribution in [1.29, 1.82) is 0 Å². The lowest BCUT2D eigenvalue weighted by Crippen LogP contribution is -2.82. The van der Waals surface area contributed by atoms with Crippen molar-refractivity contribution in [2.45, 2.75) is 18.1 Å². The van der Waals surface area contributed by atoms with E-state index in [0.717, 1.165) is 36.0 Å². The molecule has 0 spiro atoms. The van der Waals surface area contributed by atoms with Gasteiger partial charge in [0.1, 0.15) is 6.54 Å². The number of quaternary nitrogens is 1. The molecule has 0 radical (unpaired) electrons. The molecule has 8 nitrogen and oxygen atoms in total. The van der Waals surface area contributed by atoms with Crippen molar-refractivity contribution in [3.63, 3.8) is 0 Å². The van der Waals surface area contributed by atoms with Gasteiger partial charge in [0.2, 0.25) is 5.16 Å². The lowest BCUT2D eigenvalue weighted by molar-refractivity contribution is -0.670. The van der Waals surface area contributed by atoms with Crippen LogP contribution in [0.2, 0.25) is 0 Å². The van der Waals surface area contributed by atoms with Crippen molar-refractivity contribution in [2.24, 2.45) is 7.05 Å². The molecule has 0 aliphatic rings. The number of rotatable bonds is 8. The van der Waals surface area contributed by atoms with Gasteiger partial charge in [-0.25, -0.2) is 4.68 Å². The largest absolute Gasteiger partial charge is 0.342 e. The molecule has 112 valence electrons. The third kappa shape index (κ3) is 4.80. The van der Waals surface area contributed by atoms with E-state index in [1.807, 2.05) is 13.1 Å². The molecule has 0 bridgehead atoms. The second-order valence-electron chi connectivity index (χ2n) is 4.50. The first kappa shape index (κ1) is 15.4. The third-order valence-corrected chi connectivity index (χ3v) is 3.96. The molecule has 2 N–H and O–H groups in total. The maximum Gasteiger partial charge on any atom is 0.269 e. The summed E-state index contributed by atoms with van der Waals surface area (Å²) >= 11 is 1.62. The van der Waals surface area contributed by atoms with Crippen molar-refractivity contribution >= 4 is 17.4 Å². The van der Waals surface area contributed by atoms with Crippen LogP contribution in [0.3, 0.4) is 0 Å². The maximum atomic E-state index is 10.7. The molecule has 0 atom stereocenters. The van der Waals surface area contributed by atoms with Crippen LogP contribution in [0, 0.1) is 10.1 Å². The standard InChI is InChI=1S/C12H16N6O2S/c1-17-12(14-15-16-17)21-7-3-6-13-9-10-4-2-5-11(8-10)18(19)20/h2,4-5,8,13H,3,6-7,9H2,1H3/p+1. The van der Waals surface area contributed by atoms with Gasteiger partial charge in [-0.15, -0.1) is 5.10 Å². The number of nitrogens with two attached hydrogens (primary N) is 1. The number of nitrogens with zero attached hydrogens (tertiary/aromatic N) is 5. The normalized spacial score (nSPS) is 10.7. The summed E-state index contributed by atoms with van der Waals surface area (Å²) in [6.07, 6.45) is 1.02. The summed E-state index contributed by atoms with van der Waals surface area (Å²) in [5.74, 6) is 0.944. The van der Waals surface area contributed by atoms with E-state index in [4.69, 9.17) is 0 Å². The topological polar surface area (TPSA) is 103 Å². The maximum absolute atomic E-state index is 10.7. The number of aryl methyl sites for hydroxylation is 1. The highest BCUT2D eigenvalue weighted by atomic mass is 32.2. The second-order valence-corrected chi connectivity index (χ2v) is 5.56. The van der Waals surface area contributed by atoms with Crippen molar-refractivity contribution in [3.8, 4) is 0 Å². The van der Waals surface area contributed by atoms with Crippen LogP contribution < -0.4 is 5.32 Å². The van der Waals surface area contributed by atoms with E-state index in [9.17, 15) is 10.1 Å². The van der Waals surface area contributed by atoms with Crippen LogP contribution in [0.25, 0.3) is 0 Å². The fourth-order valence-corrected chi connectivity index (χ4v) is 2.61. The number of tetrazole rings is 1. The molecule has 9 heteroatoms. The first-order valence-corrected chi connectivity index (χ1v) is 7.55. The summed E-state index contributed by atoms with van der Waals surface area (Å²) < 4.78 is 1.65. The van der Waals surface area contributed by atoms with E-state index in [-0.39, 0.29) is 10.6 Å². The minimum Gasteiger partial charge on any atom is -0.342 e. The van der Waals surface area contributed by atoms with Crippen LogP contribution in [0.5, 0.6) is 0 Å². The van der Waals surface area contributed by atoms with Gasteiger partial charge in [-0.1, -0.05) is 23.9 Å². The number of aromatic nitrogens is 4. The Morgan fingerprint density at radius 3 is 3.05 bits per heavy atom. The van der Waals surface area contributed by atoms with Gasteiger partial charge in [-0.2, -0.15) is 0 Å². The van der Waals surface area contributed by atoms with Gasteiger partial charge >= 0.3 is 0 Å². The number of benzene rings is 1. The van der Waals surface area contributed by atoms with Crippen LogP contribution in [-0.4, -0.2) is 37.4 Å². The molecule has 0 amide bonds. The predicted molar refractivity (Wildman–Crippen MR) is 77.7 cm³/mol. The second kappa shape index (κ2) is 7.70. The Balaban J connectivity index is 1.65. The fraction of sp³-hybridized carbons (Fsp3) is 0.417. The van der Waals surface area contributed by atoms with E-state index < -0.39 is 0 Å². The van der Waals surface area contributed by atoms with Crippen LogP contribution in [-0.2, 0) is 13.6 Å². The summed E-state index contributed by atoms with van der Waals surface area (Å²) in [6, 6.07) is 6.76. The summed E-state index contributed by atoms with van der Waals surface area (Å²) in [4.78, 5) is 10.3. The SMILES string of the molecule is Cn1nnnc1SCCC[NH2+]Cc1cccc([N+](=O)[O-])c1. The van der Waals surface area contributed by atoms with Gasteiger partial charge in [0.05, 0.1) is 11.5 Å².